The monoisotopic (exact) mass is 324 g/mol. The van der Waals surface area contributed by atoms with E-state index < -0.39 is 0 Å². The smallest absolute Gasteiger partial charge is 0.221 e. The van der Waals surface area contributed by atoms with Crippen LogP contribution in [0.25, 0.3) is 0 Å². The van der Waals surface area contributed by atoms with Crippen molar-refractivity contribution in [3.63, 3.8) is 0 Å². The molecule has 2 bridgehead atoms. The summed E-state index contributed by atoms with van der Waals surface area (Å²) in [5.74, 6) is 1.95. The van der Waals surface area contributed by atoms with Gasteiger partial charge in [0.05, 0.1) is 4.47 Å². The molecule has 2 aliphatic carbocycles. The lowest BCUT2D eigenvalue weighted by atomic mass is 9.68. The highest BCUT2D eigenvalue weighted by Gasteiger charge is 2.59. The lowest BCUT2D eigenvalue weighted by Crippen LogP contribution is -2.46. The van der Waals surface area contributed by atoms with Crippen LogP contribution in [-0.2, 0) is 0 Å². The van der Waals surface area contributed by atoms with Crippen molar-refractivity contribution in [2.24, 2.45) is 16.7 Å². The molecule has 5 heteroatoms. The van der Waals surface area contributed by atoms with Gasteiger partial charge < -0.3 is 11.1 Å². The largest absolute Gasteiger partial charge is 0.368 e. The van der Waals surface area contributed by atoms with Crippen LogP contribution in [0, 0.1) is 16.7 Å². The van der Waals surface area contributed by atoms with Crippen LogP contribution in [0.3, 0.4) is 0 Å². The van der Waals surface area contributed by atoms with E-state index in [4.69, 9.17) is 5.73 Å². The van der Waals surface area contributed by atoms with E-state index in [-0.39, 0.29) is 0 Å². The average Bonchev–Trinajstić information content (AvgIpc) is 2.80. The quantitative estimate of drug-likeness (QED) is 0.874. The van der Waals surface area contributed by atoms with Gasteiger partial charge in [-0.3, -0.25) is 0 Å². The number of nitrogens with one attached hydrogen (secondary N) is 1. The molecule has 3 rings (SSSR count). The first-order valence-electron chi connectivity index (χ1n) is 6.87. The minimum atomic E-state index is 0.298. The minimum Gasteiger partial charge on any atom is -0.368 e. The first-order chi connectivity index (χ1) is 8.83. The number of hydrogen-bond acceptors (Lipinski definition) is 4. The molecule has 3 atom stereocenters. The Labute approximate surface area is 122 Å². The maximum Gasteiger partial charge on any atom is 0.221 e. The van der Waals surface area contributed by atoms with Crippen molar-refractivity contribution in [3.8, 4) is 0 Å². The van der Waals surface area contributed by atoms with Crippen molar-refractivity contribution >= 4 is 27.7 Å². The van der Waals surface area contributed by atoms with Crippen molar-refractivity contribution < 1.29 is 0 Å². The van der Waals surface area contributed by atoms with Crippen LogP contribution < -0.4 is 11.1 Å². The topological polar surface area (TPSA) is 63.8 Å². The van der Waals surface area contributed by atoms with Crippen molar-refractivity contribution in [2.75, 3.05) is 11.1 Å². The van der Waals surface area contributed by atoms with Crippen LogP contribution in [0.5, 0.6) is 0 Å². The Balaban J connectivity index is 1.92. The fourth-order valence-electron chi connectivity index (χ4n) is 4.28. The fraction of sp³-hybridized carbons (Fsp3) is 0.714. The number of aromatic nitrogens is 2. The lowest BCUT2D eigenvalue weighted by Gasteiger charge is -2.43. The molecule has 0 aliphatic heterocycles. The van der Waals surface area contributed by atoms with E-state index in [0.29, 0.717) is 22.8 Å². The SMILES string of the molecule is CC12CCC(C1)C(C)(C)C2Nc1nc(N)ncc1Br. The summed E-state index contributed by atoms with van der Waals surface area (Å²) < 4.78 is 0.879. The van der Waals surface area contributed by atoms with Gasteiger partial charge in [-0.1, -0.05) is 20.8 Å². The molecular formula is C14H21BrN4. The van der Waals surface area contributed by atoms with Gasteiger partial charge in [0.25, 0.3) is 0 Å². The van der Waals surface area contributed by atoms with Gasteiger partial charge in [-0.15, -0.1) is 0 Å². The number of fused-ring (bicyclic) bond motifs is 2. The van der Waals surface area contributed by atoms with E-state index in [9.17, 15) is 0 Å². The van der Waals surface area contributed by atoms with E-state index >= 15 is 0 Å². The molecule has 1 aromatic heterocycles. The Hall–Kier alpha value is -0.840. The second-order valence-corrected chi connectivity index (χ2v) is 7.77. The molecule has 2 aliphatic rings. The van der Waals surface area contributed by atoms with Crippen LogP contribution >= 0.6 is 15.9 Å². The first-order valence-corrected chi connectivity index (χ1v) is 7.67. The van der Waals surface area contributed by atoms with Gasteiger partial charge in [-0.25, -0.2) is 4.98 Å². The normalized spacial score (nSPS) is 35.6. The number of nitrogens with two attached hydrogens (primary N) is 1. The summed E-state index contributed by atoms with van der Waals surface area (Å²) in [6.07, 6.45) is 5.69. The number of rotatable bonds is 2. The summed E-state index contributed by atoms with van der Waals surface area (Å²) in [5, 5.41) is 3.63. The molecule has 104 valence electrons. The second kappa shape index (κ2) is 4.08. The lowest BCUT2D eigenvalue weighted by molar-refractivity contribution is 0.155. The molecule has 0 aromatic carbocycles. The number of halogens is 1. The number of nitrogens with zero attached hydrogens (tertiary/aromatic N) is 2. The number of anilines is 2. The predicted octanol–water partition coefficient (Wildman–Crippen LogP) is 3.45. The molecule has 0 spiro atoms. The standard InChI is InChI=1S/C14H21BrN4/c1-13(2)8-4-5-14(3,6-8)11(13)18-10-9(15)7-17-12(16)19-10/h7-8,11H,4-6H2,1-3H3,(H3,16,17,18,19). The van der Waals surface area contributed by atoms with Crippen LogP contribution in [0.15, 0.2) is 10.7 Å². The molecule has 3 unspecified atom stereocenters. The predicted molar refractivity (Wildman–Crippen MR) is 80.8 cm³/mol. The summed E-state index contributed by atoms with van der Waals surface area (Å²) >= 11 is 3.50. The van der Waals surface area contributed by atoms with Crippen molar-refractivity contribution in [3.05, 3.63) is 10.7 Å². The maximum absolute atomic E-state index is 5.70. The molecular weight excluding hydrogens is 304 g/mol. The van der Waals surface area contributed by atoms with Crippen LogP contribution in [0.2, 0.25) is 0 Å². The Kier molecular flexibility index (Phi) is 2.82. The third-order valence-electron chi connectivity index (χ3n) is 5.31. The fourth-order valence-corrected chi connectivity index (χ4v) is 4.59. The maximum atomic E-state index is 5.70. The van der Waals surface area contributed by atoms with Crippen molar-refractivity contribution in [2.45, 2.75) is 46.1 Å². The van der Waals surface area contributed by atoms with Crippen molar-refractivity contribution in [1.29, 1.82) is 0 Å². The zero-order chi connectivity index (χ0) is 13.8. The Morgan fingerprint density at radius 2 is 2.16 bits per heavy atom. The second-order valence-electron chi connectivity index (χ2n) is 6.92. The molecule has 0 radical (unpaired) electrons. The van der Waals surface area contributed by atoms with E-state index in [2.05, 4.69) is 52.0 Å². The zero-order valence-corrected chi connectivity index (χ0v) is 13.3. The Morgan fingerprint density at radius 3 is 2.79 bits per heavy atom. The van der Waals surface area contributed by atoms with Crippen LogP contribution in [-0.4, -0.2) is 16.0 Å². The summed E-state index contributed by atoms with van der Waals surface area (Å²) in [4.78, 5) is 8.32. The van der Waals surface area contributed by atoms with Crippen molar-refractivity contribution in [1.82, 2.24) is 9.97 Å². The highest BCUT2D eigenvalue weighted by Crippen LogP contribution is 2.63. The van der Waals surface area contributed by atoms with Gasteiger partial charge in [0.15, 0.2) is 0 Å². The van der Waals surface area contributed by atoms with E-state index in [1.807, 2.05) is 0 Å². The van der Waals surface area contributed by atoms with Gasteiger partial charge >= 0.3 is 0 Å². The van der Waals surface area contributed by atoms with Gasteiger partial charge in [0, 0.05) is 12.2 Å². The molecule has 1 aromatic rings. The first kappa shape index (κ1) is 13.2. The van der Waals surface area contributed by atoms with Crippen LogP contribution in [0.4, 0.5) is 11.8 Å². The number of nitrogen functional groups attached to an aromatic ring is 1. The molecule has 0 amide bonds. The van der Waals surface area contributed by atoms with Gasteiger partial charge in [0.1, 0.15) is 5.82 Å². The van der Waals surface area contributed by atoms with E-state index in [1.165, 1.54) is 19.3 Å². The zero-order valence-electron chi connectivity index (χ0n) is 11.7. The molecule has 19 heavy (non-hydrogen) atoms. The number of hydrogen-bond donors (Lipinski definition) is 2. The van der Waals surface area contributed by atoms with E-state index in [1.54, 1.807) is 6.20 Å². The molecule has 0 saturated heterocycles. The van der Waals surface area contributed by atoms with Crippen LogP contribution in [0.1, 0.15) is 40.0 Å². The van der Waals surface area contributed by atoms with Gasteiger partial charge in [0.2, 0.25) is 5.95 Å². The average molecular weight is 325 g/mol. The highest BCUT2D eigenvalue weighted by atomic mass is 79.9. The summed E-state index contributed by atoms with van der Waals surface area (Å²) in [7, 11) is 0. The summed E-state index contributed by atoms with van der Waals surface area (Å²) in [5.41, 5.74) is 6.36. The molecule has 4 nitrogen and oxygen atoms in total. The highest BCUT2D eigenvalue weighted by molar-refractivity contribution is 9.10. The minimum absolute atomic E-state index is 0.298. The van der Waals surface area contributed by atoms with Gasteiger partial charge in [-0.2, -0.15) is 4.98 Å². The molecule has 2 saturated carbocycles. The van der Waals surface area contributed by atoms with Gasteiger partial charge in [-0.05, 0) is 51.9 Å². The molecule has 2 fully saturated rings. The summed E-state index contributed by atoms with van der Waals surface area (Å²) in [6, 6.07) is 0.435. The third kappa shape index (κ3) is 1.93. The molecule has 1 heterocycles. The Morgan fingerprint density at radius 1 is 1.42 bits per heavy atom. The Bertz CT molecular complexity index is 511. The van der Waals surface area contributed by atoms with E-state index in [0.717, 1.165) is 16.2 Å². The third-order valence-corrected chi connectivity index (χ3v) is 5.89. The molecule has 3 N–H and O–H groups in total. The summed E-state index contributed by atoms with van der Waals surface area (Å²) in [6.45, 7) is 7.15.